The second kappa shape index (κ2) is 6.39. The summed E-state index contributed by atoms with van der Waals surface area (Å²) in [5.74, 6) is -1.25. The highest BCUT2D eigenvalue weighted by Crippen LogP contribution is 2.43. The van der Waals surface area contributed by atoms with E-state index in [2.05, 4.69) is 4.99 Å². The van der Waals surface area contributed by atoms with Crippen LogP contribution in [0.4, 0.5) is 4.39 Å². The van der Waals surface area contributed by atoms with Gasteiger partial charge in [-0.05, 0) is 26.8 Å². The Kier molecular flexibility index (Phi) is 4.45. The number of halogens is 1. The summed E-state index contributed by atoms with van der Waals surface area (Å²) in [5, 5.41) is 0.165. The molecule has 2 atom stereocenters. The molecule has 3 rings (SSSR count). The van der Waals surface area contributed by atoms with Crippen LogP contribution in [0.2, 0.25) is 0 Å². The van der Waals surface area contributed by atoms with Crippen LogP contribution in [0.1, 0.15) is 32.4 Å². The van der Waals surface area contributed by atoms with Crippen LogP contribution >= 0.6 is 11.8 Å². The molecule has 0 aliphatic carbocycles. The van der Waals surface area contributed by atoms with E-state index in [4.69, 9.17) is 4.74 Å². The Bertz CT molecular complexity index is 775. The molecule has 1 amide bonds. The smallest absolute Gasteiger partial charge is 0.338 e. The van der Waals surface area contributed by atoms with Crippen molar-refractivity contribution < 1.29 is 18.7 Å². The molecule has 0 spiro atoms. The average molecular weight is 348 g/mol. The second-order valence-electron chi connectivity index (χ2n) is 5.51. The van der Waals surface area contributed by atoms with Gasteiger partial charge in [-0.25, -0.2) is 14.2 Å². The first-order chi connectivity index (χ1) is 11.5. The van der Waals surface area contributed by atoms with Crippen LogP contribution in [0.15, 0.2) is 40.5 Å². The number of allylic oxidation sites excluding steroid dienone is 1. The van der Waals surface area contributed by atoms with Gasteiger partial charge >= 0.3 is 5.97 Å². The number of hydrogen-bond donors (Lipinski definition) is 0. The first-order valence-corrected chi connectivity index (χ1v) is 8.54. The molecule has 0 saturated carbocycles. The topological polar surface area (TPSA) is 59.0 Å². The number of amidine groups is 1. The van der Waals surface area contributed by atoms with E-state index in [9.17, 15) is 14.0 Å². The van der Waals surface area contributed by atoms with Crippen LogP contribution in [0.25, 0.3) is 0 Å². The predicted molar refractivity (Wildman–Crippen MR) is 89.8 cm³/mol. The number of esters is 1. The van der Waals surface area contributed by atoms with Crippen molar-refractivity contribution in [3.05, 3.63) is 46.9 Å². The van der Waals surface area contributed by atoms with E-state index in [1.807, 2.05) is 0 Å². The number of carbonyl (C=O) groups is 2. The molecule has 0 aromatic heterocycles. The van der Waals surface area contributed by atoms with E-state index in [0.29, 0.717) is 10.9 Å². The molecule has 2 heterocycles. The fraction of sp³-hybridized carbons (Fsp3) is 0.353. The number of thioether (sulfide) groups is 1. The Balaban J connectivity index is 2.18. The van der Waals surface area contributed by atoms with Gasteiger partial charge in [-0.15, -0.1) is 0 Å². The van der Waals surface area contributed by atoms with E-state index in [1.165, 1.54) is 22.7 Å². The number of rotatable bonds is 3. The molecule has 0 radical (unpaired) electrons. The molecular weight excluding hydrogens is 331 g/mol. The minimum absolute atomic E-state index is 0.190. The third-order valence-corrected chi connectivity index (χ3v) is 5.01. The number of amides is 1. The maximum absolute atomic E-state index is 14.4. The molecule has 126 valence electrons. The fourth-order valence-corrected chi connectivity index (χ4v) is 3.89. The molecule has 1 fully saturated rings. The lowest BCUT2D eigenvalue weighted by Crippen LogP contribution is -2.41. The van der Waals surface area contributed by atoms with E-state index in [-0.39, 0.29) is 28.9 Å². The van der Waals surface area contributed by atoms with Crippen molar-refractivity contribution in [2.45, 2.75) is 32.1 Å². The van der Waals surface area contributed by atoms with Gasteiger partial charge in [0.2, 0.25) is 5.91 Å². The van der Waals surface area contributed by atoms with Gasteiger partial charge in [-0.1, -0.05) is 30.0 Å². The highest BCUT2D eigenvalue weighted by molar-refractivity contribution is 8.15. The zero-order chi connectivity index (χ0) is 17.4. The van der Waals surface area contributed by atoms with Crippen molar-refractivity contribution in [2.24, 2.45) is 4.99 Å². The van der Waals surface area contributed by atoms with Gasteiger partial charge in [-0.3, -0.25) is 9.69 Å². The normalized spacial score (nSPS) is 23.2. The third-order valence-electron chi connectivity index (χ3n) is 3.95. The minimum atomic E-state index is -0.859. The summed E-state index contributed by atoms with van der Waals surface area (Å²) in [6.45, 7) is 5.34. The maximum Gasteiger partial charge on any atom is 0.338 e. The predicted octanol–water partition coefficient (Wildman–Crippen LogP) is 3.04. The summed E-state index contributed by atoms with van der Waals surface area (Å²) >= 11 is 1.31. The third kappa shape index (κ3) is 2.62. The summed E-state index contributed by atoms with van der Waals surface area (Å²) in [6.07, 6.45) is 0. The van der Waals surface area contributed by atoms with Crippen LogP contribution in [0, 0.1) is 5.82 Å². The maximum atomic E-state index is 14.4. The second-order valence-corrected chi connectivity index (χ2v) is 6.81. The van der Waals surface area contributed by atoms with Gasteiger partial charge in [0.25, 0.3) is 0 Å². The minimum Gasteiger partial charge on any atom is -0.463 e. The molecule has 1 aromatic carbocycles. The van der Waals surface area contributed by atoms with Crippen LogP contribution in [-0.4, -0.2) is 33.8 Å². The lowest BCUT2D eigenvalue weighted by Gasteiger charge is -2.33. The lowest BCUT2D eigenvalue weighted by molar-refractivity contribution is -0.139. The number of hydrogen-bond acceptors (Lipinski definition) is 5. The first-order valence-electron chi connectivity index (χ1n) is 7.66. The van der Waals surface area contributed by atoms with Gasteiger partial charge < -0.3 is 4.74 Å². The number of benzene rings is 1. The Morgan fingerprint density at radius 3 is 2.79 bits per heavy atom. The Morgan fingerprint density at radius 1 is 1.42 bits per heavy atom. The van der Waals surface area contributed by atoms with Gasteiger partial charge in [0.1, 0.15) is 11.9 Å². The van der Waals surface area contributed by atoms with Crippen LogP contribution < -0.4 is 0 Å². The number of ether oxygens (including phenoxy) is 1. The standard InChI is InChI=1S/C17H17FN2O3S/c1-4-23-16(22)13-9(2)19-17-20(15(21)10(3)24-17)14(13)11-7-5-6-8-12(11)18/h5-8,10,14H,4H2,1-3H3/t10-,14?/m1/s1. The number of nitrogens with zero attached hydrogens (tertiary/aromatic N) is 2. The number of aliphatic imine (C=N–C) groups is 1. The molecule has 2 aliphatic rings. The Hall–Kier alpha value is -2.15. The largest absolute Gasteiger partial charge is 0.463 e. The van der Waals surface area contributed by atoms with E-state index >= 15 is 0 Å². The SMILES string of the molecule is CCOC(=O)C1=C(C)N=C2S[C@H](C)C(=O)N2C1c1ccccc1F. The van der Waals surface area contributed by atoms with Gasteiger partial charge in [-0.2, -0.15) is 0 Å². The van der Waals surface area contributed by atoms with E-state index in [0.717, 1.165) is 0 Å². The zero-order valence-corrected chi connectivity index (χ0v) is 14.4. The van der Waals surface area contributed by atoms with Crippen LogP contribution in [-0.2, 0) is 14.3 Å². The first kappa shape index (κ1) is 16.7. The van der Waals surface area contributed by atoms with E-state index in [1.54, 1.807) is 39.0 Å². The summed E-state index contributed by atoms with van der Waals surface area (Å²) in [6, 6.07) is 5.29. The molecule has 2 aliphatic heterocycles. The lowest BCUT2D eigenvalue weighted by atomic mass is 9.94. The van der Waals surface area contributed by atoms with Gasteiger partial charge in [0, 0.05) is 5.56 Å². The van der Waals surface area contributed by atoms with Gasteiger partial charge in [0.05, 0.1) is 23.1 Å². The number of carbonyl (C=O) groups excluding carboxylic acids is 2. The summed E-state index contributed by atoms with van der Waals surface area (Å²) in [4.78, 5) is 30.8. The van der Waals surface area contributed by atoms with Crippen molar-refractivity contribution in [3.8, 4) is 0 Å². The van der Waals surface area contributed by atoms with Crippen molar-refractivity contribution in [3.63, 3.8) is 0 Å². The molecule has 1 unspecified atom stereocenters. The van der Waals surface area contributed by atoms with E-state index < -0.39 is 17.8 Å². The Labute approximate surface area is 143 Å². The molecule has 1 saturated heterocycles. The highest BCUT2D eigenvalue weighted by Gasteiger charge is 2.46. The molecule has 0 N–H and O–H groups in total. The molecule has 24 heavy (non-hydrogen) atoms. The summed E-state index contributed by atoms with van der Waals surface area (Å²) in [7, 11) is 0. The van der Waals surface area contributed by atoms with Crippen LogP contribution in [0.5, 0.6) is 0 Å². The molecular formula is C17H17FN2O3S. The molecule has 7 heteroatoms. The number of fused-ring (bicyclic) bond motifs is 1. The monoisotopic (exact) mass is 348 g/mol. The van der Waals surface area contributed by atoms with Gasteiger partial charge in [0.15, 0.2) is 5.17 Å². The van der Waals surface area contributed by atoms with Crippen molar-refractivity contribution >= 4 is 28.8 Å². The summed E-state index contributed by atoms with van der Waals surface area (Å²) < 4.78 is 19.6. The molecule has 1 aromatic rings. The Morgan fingerprint density at radius 2 is 2.12 bits per heavy atom. The van der Waals surface area contributed by atoms with Crippen molar-refractivity contribution in [1.29, 1.82) is 0 Å². The van der Waals surface area contributed by atoms with Crippen LogP contribution in [0.3, 0.4) is 0 Å². The average Bonchev–Trinajstić information content (AvgIpc) is 2.81. The molecule has 5 nitrogen and oxygen atoms in total. The highest BCUT2D eigenvalue weighted by atomic mass is 32.2. The molecule has 0 bridgehead atoms. The quantitative estimate of drug-likeness (QED) is 0.788. The van der Waals surface area contributed by atoms with Crippen molar-refractivity contribution in [2.75, 3.05) is 6.61 Å². The fourth-order valence-electron chi connectivity index (χ4n) is 2.86. The van der Waals surface area contributed by atoms with Crippen molar-refractivity contribution in [1.82, 2.24) is 4.90 Å². The zero-order valence-electron chi connectivity index (χ0n) is 13.6. The summed E-state index contributed by atoms with van der Waals surface area (Å²) in [5.41, 5.74) is 0.909.